The number of aliphatic hydroxyl groups is 1. The summed E-state index contributed by atoms with van der Waals surface area (Å²) in [6, 6.07) is -7.08. The largest absolute Gasteiger partial charge is 0.480 e. The number of thioether (sulfide) groups is 1. The number of carbonyl (C=O) groups is 7. The third-order valence-corrected chi connectivity index (χ3v) is 8.32. The lowest BCUT2D eigenvalue weighted by molar-refractivity contribution is -0.139. The van der Waals surface area contributed by atoms with Crippen LogP contribution in [-0.2, 0) is 40.0 Å². The number of imidazole rings is 1. The number of aromatic amines is 1. The average Bonchev–Trinajstić information content (AvgIpc) is 3.58. The number of carbonyl (C=O) groups excluding carboxylic acids is 6. The molecule has 0 aliphatic rings. The summed E-state index contributed by atoms with van der Waals surface area (Å²) in [5.74, 6) is -5.52. The number of nitrogens with two attached hydrogens (primary N) is 1. The molecule has 6 amide bonds. The van der Waals surface area contributed by atoms with E-state index in [-0.39, 0.29) is 36.9 Å². The number of carboxylic acid groups (broad SMARTS) is 1. The molecule has 6 atom stereocenters. The summed E-state index contributed by atoms with van der Waals surface area (Å²) in [6.45, 7) is 5.77. The van der Waals surface area contributed by atoms with Crippen molar-refractivity contribution >= 4 is 65.8 Å². The van der Waals surface area contributed by atoms with Gasteiger partial charge < -0.3 is 52.8 Å². The van der Waals surface area contributed by atoms with Gasteiger partial charge in [-0.1, -0.05) is 27.7 Å². The number of amides is 6. The molecule has 51 heavy (non-hydrogen) atoms. The third kappa shape index (κ3) is 17.3. The van der Waals surface area contributed by atoms with E-state index in [0.717, 1.165) is 0 Å². The number of aliphatic carboxylic acids is 1. The molecule has 0 aliphatic heterocycles. The van der Waals surface area contributed by atoms with Crippen LogP contribution in [0.15, 0.2) is 12.5 Å². The predicted molar refractivity (Wildman–Crippen MR) is 193 cm³/mol. The summed E-state index contributed by atoms with van der Waals surface area (Å²) in [7, 11) is 0. The van der Waals surface area contributed by atoms with Gasteiger partial charge in [0.1, 0.15) is 36.8 Å². The Hall–Kier alpha value is -3.88. The quantitative estimate of drug-likeness (QED) is 0.0495. The van der Waals surface area contributed by atoms with Crippen LogP contribution < -0.4 is 37.6 Å². The SMILES string of the molecule is CSCC[C@H](N)C(=O)N[C@@H](CC(C)C)C(=O)N[C@@H](Cc1cnc[nH]1)C(=O)N[C@@H](CC(C)C)C(=O)N[C@@H](CS)C(=O)N[C@@H](CO)C(=O)NCC(=O)O. The summed E-state index contributed by atoms with van der Waals surface area (Å²) in [6.07, 6.45) is 5.51. The molecule has 1 rings (SSSR count). The lowest BCUT2D eigenvalue weighted by atomic mass is 10.0. The first-order valence-corrected chi connectivity index (χ1v) is 18.5. The third-order valence-electron chi connectivity index (χ3n) is 7.31. The zero-order valence-corrected chi connectivity index (χ0v) is 31.3. The number of hydrogen-bond donors (Lipinski definition) is 11. The monoisotopic (exact) mass is 759 g/mol. The fraction of sp³-hybridized carbons (Fsp3) is 0.677. The molecule has 1 aromatic heterocycles. The van der Waals surface area contributed by atoms with Crippen molar-refractivity contribution in [3.8, 4) is 0 Å². The van der Waals surface area contributed by atoms with Crippen LogP contribution in [0.3, 0.4) is 0 Å². The Kier molecular flexibility index (Phi) is 20.9. The van der Waals surface area contributed by atoms with Gasteiger partial charge in [0.2, 0.25) is 35.4 Å². The van der Waals surface area contributed by atoms with E-state index in [1.807, 2.05) is 39.3 Å². The van der Waals surface area contributed by atoms with Crippen LogP contribution in [-0.4, -0.2) is 129 Å². The molecule has 0 aliphatic carbocycles. The van der Waals surface area contributed by atoms with Gasteiger partial charge in [-0.2, -0.15) is 24.4 Å². The lowest BCUT2D eigenvalue weighted by Gasteiger charge is -2.28. The molecular weight excluding hydrogens is 707 g/mol. The van der Waals surface area contributed by atoms with Crippen LogP contribution in [0.1, 0.15) is 52.7 Å². The van der Waals surface area contributed by atoms with E-state index in [2.05, 4.69) is 49.2 Å². The highest BCUT2D eigenvalue weighted by molar-refractivity contribution is 7.98. The zero-order valence-electron chi connectivity index (χ0n) is 29.6. The molecule has 0 aromatic carbocycles. The molecule has 0 saturated heterocycles. The molecule has 0 saturated carbocycles. The summed E-state index contributed by atoms with van der Waals surface area (Å²) in [5.41, 5.74) is 6.53. The number of nitrogens with one attached hydrogen (secondary N) is 7. The maximum atomic E-state index is 13.8. The molecule has 0 bridgehead atoms. The van der Waals surface area contributed by atoms with E-state index in [4.69, 9.17) is 10.8 Å². The second-order valence-corrected chi connectivity index (χ2v) is 14.1. The van der Waals surface area contributed by atoms with Gasteiger partial charge in [-0.05, 0) is 43.1 Å². The number of rotatable bonds is 24. The number of aliphatic hydroxyl groups excluding tert-OH is 1. The minimum atomic E-state index is -1.51. The Morgan fingerprint density at radius 2 is 1.29 bits per heavy atom. The van der Waals surface area contributed by atoms with Crippen molar-refractivity contribution < 1.29 is 43.8 Å². The van der Waals surface area contributed by atoms with Gasteiger partial charge in [-0.25, -0.2) is 4.98 Å². The summed E-state index contributed by atoms with van der Waals surface area (Å²) >= 11 is 5.66. The Bertz CT molecular complexity index is 1300. The number of carboxylic acids is 1. The molecule has 11 N–H and O–H groups in total. The average molecular weight is 760 g/mol. The summed E-state index contributed by atoms with van der Waals surface area (Å²) < 4.78 is 0. The number of nitrogens with zero attached hydrogens (tertiary/aromatic N) is 1. The van der Waals surface area contributed by atoms with Gasteiger partial charge in [0, 0.05) is 24.1 Å². The van der Waals surface area contributed by atoms with Crippen LogP contribution in [0.5, 0.6) is 0 Å². The molecule has 0 fully saturated rings. The summed E-state index contributed by atoms with van der Waals surface area (Å²) in [5, 5.41) is 33.2. The van der Waals surface area contributed by atoms with Crippen molar-refractivity contribution in [2.24, 2.45) is 17.6 Å². The highest BCUT2D eigenvalue weighted by atomic mass is 32.2. The standard InChI is InChI=1S/C31H53N9O9S2/c1-16(2)8-20(36-26(44)19(32)6-7-51-5)28(46)38-22(10-18-11-33-15-35-18)30(48)37-21(9-17(3)4)29(47)40-24(14-50)31(49)39-23(13-41)27(45)34-12-25(42)43/h11,15-17,19-24,41,50H,6-10,12-14,32H2,1-5H3,(H,33,35)(H,34,45)(H,36,44)(H,37,48)(H,38,46)(H,39,49)(H,40,47)(H,42,43)/t19-,20-,21-,22-,23-,24-/m0/s1. The lowest BCUT2D eigenvalue weighted by Crippen LogP contribution is -2.60. The van der Waals surface area contributed by atoms with E-state index < -0.39 is 90.8 Å². The molecule has 18 nitrogen and oxygen atoms in total. The molecule has 1 aromatic rings. The molecule has 0 radical (unpaired) electrons. The predicted octanol–water partition coefficient (Wildman–Crippen LogP) is -2.33. The fourth-order valence-electron chi connectivity index (χ4n) is 4.65. The number of thiol groups is 1. The van der Waals surface area contributed by atoms with Gasteiger partial charge in [-0.3, -0.25) is 33.6 Å². The fourth-order valence-corrected chi connectivity index (χ4v) is 5.40. The summed E-state index contributed by atoms with van der Waals surface area (Å²) in [4.78, 5) is 96.5. The smallest absolute Gasteiger partial charge is 0.322 e. The number of hydrogen-bond acceptors (Lipinski definition) is 12. The topological polar surface area (TPSA) is 287 Å². The van der Waals surface area contributed by atoms with Gasteiger partial charge in [-0.15, -0.1) is 0 Å². The Labute approximate surface area is 307 Å². The van der Waals surface area contributed by atoms with E-state index >= 15 is 0 Å². The van der Waals surface area contributed by atoms with Crippen LogP contribution in [0, 0.1) is 11.8 Å². The number of aromatic nitrogens is 2. The van der Waals surface area contributed by atoms with Crippen molar-refractivity contribution in [2.45, 2.75) is 89.6 Å². The minimum Gasteiger partial charge on any atom is -0.480 e. The highest BCUT2D eigenvalue weighted by Crippen LogP contribution is 2.10. The van der Waals surface area contributed by atoms with Gasteiger partial charge in [0.15, 0.2) is 0 Å². The number of H-pyrrole nitrogens is 1. The molecule has 20 heteroatoms. The first kappa shape index (κ1) is 45.1. The van der Waals surface area contributed by atoms with Gasteiger partial charge in [0.25, 0.3) is 0 Å². The van der Waals surface area contributed by atoms with Gasteiger partial charge >= 0.3 is 5.97 Å². The maximum Gasteiger partial charge on any atom is 0.322 e. The van der Waals surface area contributed by atoms with E-state index in [0.29, 0.717) is 17.9 Å². The minimum absolute atomic E-state index is 0.00812. The highest BCUT2D eigenvalue weighted by Gasteiger charge is 2.33. The van der Waals surface area contributed by atoms with Crippen molar-refractivity contribution in [1.82, 2.24) is 41.9 Å². The zero-order chi connectivity index (χ0) is 38.7. The van der Waals surface area contributed by atoms with Gasteiger partial charge in [0.05, 0.1) is 19.0 Å². The van der Waals surface area contributed by atoms with Crippen LogP contribution in [0.2, 0.25) is 0 Å². The Morgan fingerprint density at radius 1 is 0.804 bits per heavy atom. The maximum absolute atomic E-state index is 13.8. The Balaban J connectivity index is 3.20. The van der Waals surface area contributed by atoms with Crippen molar-refractivity contribution in [3.63, 3.8) is 0 Å². The first-order valence-electron chi connectivity index (χ1n) is 16.5. The molecule has 0 unspecified atom stereocenters. The first-order chi connectivity index (χ1) is 24.0. The van der Waals surface area contributed by atoms with Crippen LogP contribution in [0.4, 0.5) is 0 Å². The van der Waals surface area contributed by atoms with E-state index in [1.165, 1.54) is 24.3 Å². The second kappa shape index (κ2) is 23.6. The van der Waals surface area contributed by atoms with Crippen molar-refractivity contribution in [3.05, 3.63) is 18.2 Å². The van der Waals surface area contributed by atoms with E-state index in [1.54, 1.807) is 0 Å². The van der Waals surface area contributed by atoms with Crippen LogP contribution in [0.25, 0.3) is 0 Å². The molecule has 288 valence electrons. The molecular formula is C31H53N9O9S2. The van der Waals surface area contributed by atoms with Crippen LogP contribution >= 0.6 is 24.4 Å². The normalized spacial score (nSPS) is 14.7. The molecule has 0 spiro atoms. The van der Waals surface area contributed by atoms with Crippen molar-refractivity contribution in [1.29, 1.82) is 0 Å². The molecule has 1 heterocycles. The second-order valence-electron chi connectivity index (χ2n) is 12.7. The van der Waals surface area contributed by atoms with E-state index in [9.17, 15) is 38.7 Å². The Morgan fingerprint density at radius 3 is 1.76 bits per heavy atom. The van der Waals surface area contributed by atoms with Crippen molar-refractivity contribution in [2.75, 3.05) is 30.9 Å².